The highest BCUT2D eigenvalue weighted by molar-refractivity contribution is 5.94. The Bertz CT molecular complexity index is 1020. The number of nitrogens with two attached hydrogens (primary N) is 2. The lowest BCUT2D eigenvalue weighted by atomic mass is 9.98. The van der Waals surface area contributed by atoms with Gasteiger partial charge in [0.25, 0.3) is 5.91 Å². The first kappa shape index (κ1) is 20.6. The highest BCUT2D eigenvalue weighted by Crippen LogP contribution is 2.38. The van der Waals surface area contributed by atoms with E-state index in [1.165, 1.54) is 18.5 Å². The molecule has 0 saturated carbocycles. The number of carbonyl (C=O) groups is 2. The van der Waals surface area contributed by atoms with E-state index in [0.717, 1.165) is 0 Å². The SMILES string of the molecule is Nc1nc(N)c2c(n1)O[C@]1(COCCN(C(=O)CCNC(=O)c3cncc(O)c3)C1)C2. The Morgan fingerprint density at radius 3 is 2.94 bits per heavy atom. The predicted octanol–water partition coefficient (Wildman–Crippen LogP) is -0.906. The third-order valence-corrected chi connectivity index (χ3v) is 5.14. The van der Waals surface area contributed by atoms with E-state index in [2.05, 4.69) is 20.3 Å². The number of amides is 2. The molecule has 2 amide bonds. The third kappa shape index (κ3) is 4.43. The van der Waals surface area contributed by atoms with Gasteiger partial charge < -0.3 is 36.3 Å². The van der Waals surface area contributed by atoms with Crippen LogP contribution in [0.15, 0.2) is 18.5 Å². The van der Waals surface area contributed by atoms with Crippen LogP contribution in [0.25, 0.3) is 0 Å². The van der Waals surface area contributed by atoms with E-state index >= 15 is 0 Å². The molecular formula is C19H23N7O5. The zero-order valence-corrected chi connectivity index (χ0v) is 16.7. The van der Waals surface area contributed by atoms with Crippen molar-refractivity contribution in [1.29, 1.82) is 0 Å². The molecule has 164 valence electrons. The van der Waals surface area contributed by atoms with E-state index in [9.17, 15) is 14.7 Å². The number of nitrogens with one attached hydrogen (secondary N) is 1. The Balaban J connectivity index is 1.36. The average Bonchev–Trinajstić information content (AvgIpc) is 2.94. The number of anilines is 2. The van der Waals surface area contributed by atoms with Crippen LogP contribution in [0.4, 0.5) is 11.8 Å². The van der Waals surface area contributed by atoms with E-state index in [-0.39, 0.29) is 55.1 Å². The number of hydrogen-bond donors (Lipinski definition) is 4. The van der Waals surface area contributed by atoms with Crippen LogP contribution < -0.4 is 21.5 Å². The molecule has 4 rings (SSSR count). The second-order valence-corrected chi connectivity index (χ2v) is 7.52. The van der Waals surface area contributed by atoms with Crippen LogP contribution in [0.2, 0.25) is 0 Å². The molecule has 2 aromatic heterocycles. The van der Waals surface area contributed by atoms with Crippen molar-refractivity contribution in [3.8, 4) is 11.6 Å². The Morgan fingerprint density at radius 1 is 1.29 bits per heavy atom. The van der Waals surface area contributed by atoms with Gasteiger partial charge in [0.05, 0.1) is 37.1 Å². The van der Waals surface area contributed by atoms with Crippen LogP contribution in [-0.4, -0.2) is 75.2 Å². The van der Waals surface area contributed by atoms with Crippen molar-refractivity contribution in [3.05, 3.63) is 29.6 Å². The van der Waals surface area contributed by atoms with Gasteiger partial charge in [0.1, 0.15) is 11.6 Å². The molecule has 1 spiro atoms. The van der Waals surface area contributed by atoms with E-state index in [4.69, 9.17) is 20.9 Å². The number of nitrogen functional groups attached to an aromatic ring is 2. The molecular weight excluding hydrogens is 406 g/mol. The fraction of sp³-hybridized carbons (Fsp3) is 0.421. The van der Waals surface area contributed by atoms with Crippen LogP contribution in [0, 0.1) is 0 Å². The van der Waals surface area contributed by atoms with Gasteiger partial charge in [0, 0.05) is 32.1 Å². The van der Waals surface area contributed by atoms with Crippen molar-refractivity contribution in [2.45, 2.75) is 18.4 Å². The molecule has 0 radical (unpaired) electrons. The predicted molar refractivity (Wildman–Crippen MR) is 108 cm³/mol. The quantitative estimate of drug-likeness (QED) is 0.475. The normalized spacial score (nSPS) is 20.1. The summed E-state index contributed by atoms with van der Waals surface area (Å²) < 4.78 is 11.7. The summed E-state index contributed by atoms with van der Waals surface area (Å²) in [5, 5.41) is 12.1. The fourth-order valence-electron chi connectivity index (χ4n) is 3.69. The molecule has 2 aliphatic heterocycles. The monoisotopic (exact) mass is 429 g/mol. The zero-order valence-electron chi connectivity index (χ0n) is 16.7. The van der Waals surface area contributed by atoms with Gasteiger partial charge >= 0.3 is 0 Å². The molecule has 4 heterocycles. The maximum atomic E-state index is 12.8. The second kappa shape index (κ2) is 8.22. The third-order valence-electron chi connectivity index (χ3n) is 5.14. The van der Waals surface area contributed by atoms with Gasteiger partial charge in [-0.1, -0.05) is 0 Å². The van der Waals surface area contributed by atoms with E-state index in [1.807, 2.05) is 0 Å². The van der Waals surface area contributed by atoms with E-state index < -0.39 is 11.5 Å². The molecule has 0 bridgehead atoms. The van der Waals surface area contributed by atoms with Gasteiger partial charge in [-0.3, -0.25) is 14.6 Å². The second-order valence-electron chi connectivity index (χ2n) is 7.52. The summed E-state index contributed by atoms with van der Waals surface area (Å²) in [6.07, 6.45) is 3.06. The van der Waals surface area contributed by atoms with Crippen molar-refractivity contribution >= 4 is 23.6 Å². The average molecular weight is 429 g/mol. The minimum absolute atomic E-state index is 0.0217. The lowest BCUT2D eigenvalue weighted by molar-refractivity contribution is -0.133. The maximum Gasteiger partial charge on any atom is 0.252 e. The molecule has 0 aliphatic carbocycles. The minimum Gasteiger partial charge on any atom is -0.506 e. The Kier molecular flexibility index (Phi) is 5.46. The largest absolute Gasteiger partial charge is 0.506 e. The lowest BCUT2D eigenvalue weighted by Crippen LogP contribution is -2.50. The van der Waals surface area contributed by atoms with Crippen molar-refractivity contribution in [3.63, 3.8) is 0 Å². The van der Waals surface area contributed by atoms with Gasteiger partial charge in [-0.05, 0) is 6.07 Å². The molecule has 1 fully saturated rings. The Labute approximate surface area is 177 Å². The molecule has 31 heavy (non-hydrogen) atoms. The van der Waals surface area contributed by atoms with Gasteiger partial charge in [-0.2, -0.15) is 9.97 Å². The number of ether oxygens (including phenoxy) is 2. The number of rotatable bonds is 4. The summed E-state index contributed by atoms with van der Waals surface area (Å²) in [6, 6.07) is 1.30. The first-order valence-corrected chi connectivity index (χ1v) is 9.74. The van der Waals surface area contributed by atoms with Gasteiger partial charge in [-0.15, -0.1) is 0 Å². The van der Waals surface area contributed by atoms with Crippen molar-refractivity contribution in [1.82, 2.24) is 25.2 Å². The van der Waals surface area contributed by atoms with E-state index in [1.54, 1.807) is 4.90 Å². The Hall–Kier alpha value is -3.67. The van der Waals surface area contributed by atoms with Crippen LogP contribution in [-0.2, 0) is 16.0 Å². The van der Waals surface area contributed by atoms with Gasteiger partial charge in [0.15, 0.2) is 5.60 Å². The number of aromatic hydroxyl groups is 1. The molecule has 2 aliphatic rings. The number of aromatic nitrogens is 3. The molecule has 12 heteroatoms. The molecule has 2 aromatic rings. The number of nitrogens with zero attached hydrogens (tertiary/aromatic N) is 4. The van der Waals surface area contributed by atoms with Crippen molar-refractivity contribution < 1.29 is 24.2 Å². The highest BCUT2D eigenvalue weighted by atomic mass is 16.6. The topological polar surface area (TPSA) is 179 Å². The summed E-state index contributed by atoms with van der Waals surface area (Å²) in [5.41, 5.74) is 11.7. The van der Waals surface area contributed by atoms with Crippen LogP contribution >= 0.6 is 0 Å². The van der Waals surface area contributed by atoms with Gasteiger partial charge in [0.2, 0.25) is 17.7 Å². The molecule has 0 aromatic carbocycles. The summed E-state index contributed by atoms with van der Waals surface area (Å²) in [4.78, 5) is 38.4. The smallest absolute Gasteiger partial charge is 0.252 e. The summed E-state index contributed by atoms with van der Waals surface area (Å²) >= 11 is 0. The number of hydrogen-bond acceptors (Lipinski definition) is 10. The first-order valence-electron chi connectivity index (χ1n) is 9.74. The summed E-state index contributed by atoms with van der Waals surface area (Å²) in [6.45, 7) is 1.44. The lowest BCUT2D eigenvalue weighted by Gasteiger charge is -2.31. The highest BCUT2D eigenvalue weighted by Gasteiger charge is 2.45. The van der Waals surface area contributed by atoms with Crippen molar-refractivity contribution in [2.24, 2.45) is 0 Å². The minimum atomic E-state index is -0.818. The fourth-order valence-corrected chi connectivity index (χ4v) is 3.69. The van der Waals surface area contributed by atoms with Crippen LogP contribution in [0.3, 0.4) is 0 Å². The number of carbonyl (C=O) groups excluding carboxylic acids is 2. The zero-order chi connectivity index (χ0) is 22.0. The molecule has 1 saturated heterocycles. The standard InChI is InChI=1S/C19H23N7O5/c20-15-13-6-19(31-17(13)25-18(21)24-15)9-26(3-4-30-10-19)14(28)1-2-23-16(29)11-5-12(27)8-22-7-11/h5,7-8,27H,1-4,6,9-10H2,(H,23,29)(H4,20,21,24,25)/t19-/m1/s1. The van der Waals surface area contributed by atoms with Crippen LogP contribution in [0.5, 0.6) is 11.6 Å². The van der Waals surface area contributed by atoms with Crippen LogP contribution in [0.1, 0.15) is 22.3 Å². The molecule has 12 nitrogen and oxygen atoms in total. The summed E-state index contributed by atoms with van der Waals surface area (Å²) in [5.74, 6) is -0.0948. The molecule has 6 N–H and O–H groups in total. The number of pyridine rings is 1. The summed E-state index contributed by atoms with van der Waals surface area (Å²) in [7, 11) is 0. The first-order chi connectivity index (χ1) is 14.8. The van der Waals surface area contributed by atoms with E-state index in [0.29, 0.717) is 31.0 Å². The van der Waals surface area contributed by atoms with Crippen molar-refractivity contribution in [2.75, 3.05) is 44.3 Å². The Morgan fingerprint density at radius 2 is 2.13 bits per heavy atom. The maximum absolute atomic E-state index is 12.8. The molecule has 0 unspecified atom stereocenters. The van der Waals surface area contributed by atoms with Gasteiger partial charge in [-0.25, -0.2) is 0 Å². The molecule has 1 atom stereocenters. The number of fused-ring (bicyclic) bond motifs is 1.